The Morgan fingerprint density at radius 1 is 1.48 bits per heavy atom. The number of thiocarbonyl (C=S) groups is 1. The number of carbonyl (C=O) groups excluding carboxylic acids is 2. The van der Waals surface area contributed by atoms with Crippen LogP contribution in [0.25, 0.3) is 6.08 Å². The lowest BCUT2D eigenvalue weighted by molar-refractivity contribution is -0.311. The zero-order chi connectivity index (χ0) is 17.0. The molecule has 0 saturated carbocycles. The van der Waals surface area contributed by atoms with Crippen molar-refractivity contribution in [1.82, 2.24) is 4.90 Å². The van der Waals surface area contributed by atoms with Crippen LogP contribution in [0.1, 0.15) is 12.5 Å². The SMILES string of the molecule is CCOc1ccc(/C=C2\SC(=S)N([C@@H](CO)C(=O)[O-])C2=O)cc1. The molecule has 1 aliphatic rings. The Kier molecular flexibility index (Phi) is 5.75. The van der Waals surface area contributed by atoms with Crippen LogP contribution in [0.4, 0.5) is 0 Å². The van der Waals surface area contributed by atoms with Crippen molar-refractivity contribution >= 4 is 46.3 Å². The first kappa shape index (κ1) is 17.5. The number of hydrogen-bond acceptors (Lipinski definition) is 7. The minimum Gasteiger partial charge on any atom is -0.548 e. The maximum absolute atomic E-state index is 12.3. The summed E-state index contributed by atoms with van der Waals surface area (Å²) in [5, 5.41) is 20.1. The molecule has 1 atom stereocenters. The number of carbonyl (C=O) groups is 2. The number of nitrogens with zero attached hydrogens (tertiary/aromatic N) is 1. The van der Waals surface area contributed by atoms with Crippen molar-refractivity contribution in [2.24, 2.45) is 0 Å². The van der Waals surface area contributed by atoms with Gasteiger partial charge in [-0.05, 0) is 30.7 Å². The summed E-state index contributed by atoms with van der Waals surface area (Å²) in [6.07, 6.45) is 1.61. The van der Waals surface area contributed by atoms with Gasteiger partial charge in [-0.1, -0.05) is 36.1 Å². The van der Waals surface area contributed by atoms with Gasteiger partial charge in [0.05, 0.1) is 24.1 Å². The van der Waals surface area contributed by atoms with Crippen LogP contribution in [-0.4, -0.2) is 45.5 Å². The number of ether oxygens (including phenoxy) is 1. The zero-order valence-corrected chi connectivity index (χ0v) is 13.9. The monoisotopic (exact) mass is 352 g/mol. The van der Waals surface area contributed by atoms with Crippen molar-refractivity contribution < 1.29 is 24.5 Å². The molecule has 0 radical (unpaired) electrons. The molecule has 1 aliphatic heterocycles. The van der Waals surface area contributed by atoms with Crippen molar-refractivity contribution in [1.29, 1.82) is 0 Å². The van der Waals surface area contributed by atoms with Gasteiger partial charge < -0.3 is 19.7 Å². The van der Waals surface area contributed by atoms with Crippen LogP contribution in [0.2, 0.25) is 0 Å². The molecule has 0 bridgehead atoms. The van der Waals surface area contributed by atoms with E-state index in [1.807, 2.05) is 6.92 Å². The molecule has 0 unspecified atom stereocenters. The first-order valence-corrected chi connectivity index (χ1v) is 8.02. The summed E-state index contributed by atoms with van der Waals surface area (Å²) in [6.45, 7) is 1.68. The van der Waals surface area contributed by atoms with E-state index in [2.05, 4.69) is 0 Å². The molecular weight excluding hydrogens is 338 g/mol. The van der Waals surface area contributed by atoms with Gasteiger partial charge in [-0.2, -0.15) is 0 Å². The number of aliphatic hydroxyl groups is 1. The lowest BCUT2D eigenvalue weighted by atomic mass is 10.2. The molecule has 1 aromatic carbocycles. The highest BCUT2D eigenvalue weighted by molar-refractivity contribution is 8.26. The number of carboxylic acid groups (broad SMARTS) is 1. The van der Waals surface area contributed by atoms with Gasteiger partial charge in [-0.3, -0.25) is 9.69 Å². The van der Waals surface area contributed by atoms with Gasteiger partial charge in [0.25, 0.3) is 5.91 Å². The lowest BCUT2D eigenvalue weighted by Gasteiger charge is -2.25. The Labute approximate surface area is 142 Å². The summed E-state index contributed by atoms with van der Waals surface area (Å²) in [7, 11) is 0. The van der Waals surface area contributed by atoms with Gasteiger partial charge >= 0.3 is 0 Å². The summed E-state index contributed by atoms with van der Waals surface area (Å²) in [5.41, 5.74) is 0.753. The van der Waals surface area contributed by atoms with Crippen LogP contribution in [0.5, 0.6) is 5.75 Å². The van der Waals surface area contributed by atoms with Crippen LogP contribution in [-0.2, 0) is 9.59 Å². The number of carboxylic acids is 1. The molecule has 1 heterocycles. The van der Waals surface area contributed by atoms with Crippen LogP contribution in [0, 0.1) is 0 Å². The number of aliphatic hydroxyl groups excluding tert-OH is 1. The highest BCUT2D eigenvalue weighted by Crippen LogP contribution is 2.34. The van der Waals surface area contributed by atoms with E-state index in [4.69, 9.17) is 22.1 Å². The second kappa shape index (κ2) is 7.58. The molecule has 0 spiro atoms. The summed E-state index contributed by atoms with van der Waals surface area (Å²) in [4.78, 5) is 24.5. The Bertz CT molecular complexity index is 656. The minimum atomic E-state index is -1.55. The van der Waals surface area contributed by atoms with Crippen molar-refractivity contribution in [3.8, 4) is 5.75 Å². The fourth-order valence-electron chi connectivity index (χ4n) is 1.99. The van der Waals surface area contributed by atoms with Crippen molar-refractivity contribution in [2.75, 3.05) is 13.2 Å². The first-order valence-electron chi connectivity index (χ1n) is 6.79. The lowest BCUT2D eigenvalue weighted by Crippen LogP contribution is -2.51. The van der Waals surface area contributed by atoms with E-state index >= 15 is 0 Å². The molecule has 0 aromatic heterocycles. The third-order valence-electron chi connectivity index (χ3n) is 3.07. The molecule has 1 saturated heterocycles. The Balaban J connectivity index is 2.22. The summed E-state index contributed by atoms with van der Waals surface area (Å²) >= 11 is 6.02. The smallest absolute Gasteiger partial charge is 0.266 e. The second-order valence-electron chi connectivity index (χ2n) is 4.57. The summed E-state index contributed by atoms with van der Waals surface area (Å²) in [6, 6.07) is 5.62. The predicted octanol–water partition coefficient (Wildman–Crippen LogP) is 0.397. The topological polar surface area (TPSA) is 89.9 Å². The third kappa shape index (κ3) is 3.90. The fourth-order valence-corrected chi connectivity index (χ4v) is 3.35. The maximum Gasteiger partial charge on any atom is 0.266 e. The molecular formula is C15H14NO5S2-. The Morgan fingerprint density at radius 2 is 2.13 bits per heavy atom. The van der Waals surface area contributed by atoms with E-state index in [0.717, 1.165) is 28.0 Å². The molecule has 1 N–H and O–H groups in total. The van der Waals surface area contributed by atoms with Gasteiger partial charge in [0, 0.05) is 0 Å². The van der Waals surface area contributed by atoms with Gasteiger partial charge in [0.2, 0.25) is 0 Å². The van der Waals surface area contributed by atoms with E-state index < -0.39 is 24.5 Å². The van der Waals surface area contributed by atoms with Gasteiger partial charge in [-0.15, -0.1) is 0 Å². The van der Waals surface area contributed by atoms with Crippen LogP contribution in [0.15, 0.2) is 29.2 Å². The van der Waals surface area contributed by atoms with Crippen molar-refractivity contribution in [2.45, 2.75) is 13.0 Å². The normalized spacial score (nSPS) is 17.7. The molecule has 2 rings (SSSR count). The molecule has 1 fully saturated rings. The number of benzene rings is 1. The van der Waals surface area contributed by atoms with Crippen LogP contribution < -0.4 is 9.84 Å². The average molecular weight is 352 g/mol. The number of thioether (sulfide) groups is 1. The molecule has 122 valence electrons. The van der Waals surface area contributed by atoms with Crippen LogP contribution in [0.3, 0.4) is 0 Å². The predicted molar refractivity (Wildman–Crippen MR) is 88.5 cm³/mol. The molecule has 23 heavy (non-hydrogen) atoms. The van der Waals surface area contributed by atoms with Gasteiger partial charge in [0.15, 0.2) is 0 Å². The van der Waals surface area contributed by atoms with Gasteiger partial charge in [-0.25, -0.2) is 0 Å². The Hall–Kier alpha value is -1.90. The zero-order valence-electron chi connectivity index (χ0n) is 12.2. The van der Waals surface area contributed by atoms with E-state index in [-0.39, 0.29) is 4.32 Å². The van der Waals surface area contributed by atoms with Gasteiger partial charge in [0.1, 0.15) is 16.1 Å². The molecule has 8 heteroatoms. The quantitative estimate of drug-likeness (QED) is 0.585. The number of hydrogen-bond donors (Lipinski definition) is 1. The Morgan fingerprint density at radius 3 is 2.65 bits per heavy atom. The van der Waals surface area contributed by atoms with Crippen LogP contribution >= 0.6 is 24.0 Å². The number of amides is 1. The van der Waals surface area contributed by atoms with Crippen molar-refractivity contribution in [3.05, 3.63) is 34.7 Å². The highest BCUT2D eigenvalue weighted by atomic mass is 32.2. The molecule has 1 amide bonds. The standard InChI is InChI=1S/C15H15NO5S2/c1-2-21-10-5-3-9(4-6-10)7-12-13(18)16(15(22)23-12)11(8-17)14(19)20/h3-7,11,17H,2,8H2,1H3,(H,19,20)/p-1/b12-7-/t11-/m0/s1. The van der Waals surface area contributed by atoms with Crippen molar-refractivity contribution in [3.63, 3.8) is 0 Å². The largest absolute Gasteiger partial charge is 0.548 e. The van der Waals surface area contributed by atoms with E-state index in [9.17, 15) is 14.7 Å². The average Bonchev–Trinajstić information content (AvgIpc) is 2.78. The number of rotatable bonds is 6. The van der Waals surface area contributed by atoms with E-state index in [1.54, 1.807) is 30.3 Å². The molecule has 0 aliphatic carbocycles. The van der Waals surface area contributed by atoms with E-state index in [0.29, 0.717) is 11.5 Å². The van der Waals surface area contributed by atoms with E-state index in [1.165, 1.54) is 0 Å². The number of aliphatic carboxylic acids is 1. The summed E-state index contributed by atoms with van der Waals surface area (Å²) < 4.78 is 5.42. The molecule has 6 nitrogen and oxygen atoms in total. The highest BCUT2D eigenvalue weighted by Gasteiger charge is 2.37. The second-order valence-corrected chi connectivity index (χ2v) is 6.25. The third-order valence-corrected chi connectivity index (χ3v) is 4.40. The fraction of sp³-hybridized carbons (Fsp3) is 0.267. The molecule has 1 aromatic rings. The summed E-state index contributed by atoms with van der Waals surface area (Å²) in [5.74, 6) is -1.39. The first-order chi connectivity index (χ1) is 11.0. The maximum atomic E-state index is 12.3. The minimum absolute atomic E-state index is 0.0791.